The van der Waals surface area contributed by atoms with Gasteiger partial charge in [0.25, 0.3) is 0 Å². The predicted octanol–water partition coefficient (Wildman–Crippen LogP) is 5.66. The quantitative estimate of drug-likeness (QED) is 0.280. The van der Waals surface area contributed by atoms with Crippen LogP contribution in [0.1, 0.15) is 34.8 Å². The van der Waals surface area contributed by atoms with Crippen LogP contribution in [0.2, 0.25) is 0 Å². The van der Waals surface area contributed by atoms with Crippen LogP contribution >= 0.6 is 11.8 Å². The minimum Gasteiger partial charge on any atom is -0.497 e. The Labute approximate surface area is 250 Å². The summed E-state index contributed by atoms with van der Waals surface area (Å²) in [4.78, 5) is 31.1. The van der Waals surface area contributed by atoms with Crippen LogP contribution in [0.4, 0.5) is 5.82 Å². The summed E-state index contributed by atoms with van der Waals surface area (Å²) in [6, 6.07) is 23.8. The molecule has 1 unspecified atom stereocenters. The number of methoxy groups -OCH3 is 2. The van der Waals surface area contributed by atoms with Crippen LogP contribution in [0.15, 0.2) is 72.8 Å². The molecular weight excluding hydrogens is 548 g/mol. The van der Waals surface area contributed by atoms with Gasteiger partial charge < -0.3 is 14.4 Å². The van der Waals surface area contributed by atoms with Gasteiger partial charge in [0, 0.05) is 29.8 Å². The Hall–Kier alpha value is -4.24. The number of nitrogens with zero attached hydrogens (tertiary/aromatic N) is 4. The molecule has 0 spiro atoms. The van der Waals surface area contributed by atoms with Crippen molar-refractivity contribution in [1.82, 2.24) is 14.7 Å². The van der Waals surface area contributed by atoms with Crippen molar-refractivity contribution in [2.24, 2.45) is 0 Å². The lowest BCUT2D eigenvalue weighted by Gasteiger charge is -2.25. The van der Waals surface area contributed by atoms with E-state index in [4.69, 9.17) is 14.6 Å². The van der Waals surface area contributed by atoms with Crippen LogP contribution in [0.5, 0.6) is 11.5 Å². The highest BCUT2D eigenvalue weighted by molar-refractivity contribution is 8.00. The van der Waals surface area contributed by atoms with Gasteiger partial charge in [0.2, 0.25) is 11.8 Å². The van der Waals surface area contributed by atoms with Gasteiger partial charge in [0.1, 0.15) is 23.9 Å². The molecule has 1 fully saturated rings. The van der Waals surface area contributed by atoms with Gasteiger partial charge in [0.05, 0.1) is 36.6 Å². The maximum Gasteiger partial charge on any atom is 0.242 e. The molecule has 6 rings (SSSR count). The van der Waals surface area contributed by atoms with Crippen molar-refractivity contribution in [3.8, 4) is 28.4 Å². The maximum absolute atomic E-state index is 14.0. The molecule has 1 saturated heterocycles. The van der Waals surface area contributed by atoms with E-state index in [9.17, 15) is 9.59 Å². The smallest absolute Gasteiger partial charge is 0.242 e. The molecule has 2 aliphatic heterocycles. The summed E-state index contributed by atoms with van der Waals surface area (Å²) in [5.74, 6) is 2.00. The number of carbonyl (C=O) groups is 2. The number of hydrogen-bond acceptors (Lipinski definition) is 6. The minimum atomic E-state index is -0.324. The molecule has 8 nitrogen and oxygen atoms in total. The molecular formula is C33H34N4O4S. The van der Waals surface area contributed by atoms with Crippen LogP contribution in [-0.4, -0.2) is 66.1 Å². The summed E-state index contributed by atoms with van der Waals surface area (Å²) in [6.45, 7) is 3.44. The third kappa shape index (κ3) is 5.25. The topological polar surface area (TPSA) is 76.9 Å². The first-order chi connectivity index (χ1) is 20.5. The number of thioether (sulfide) groups is 1. The van der Waals surface area contributed by atoms with Gasteiger partial charge in [-0.15, -0.1) is 11.8 Å². The number of aromatic nitrogens is 2. The van der Waals surface area contributed by atoms with Gasteiger partial charge in [-0.3, -0.25) is 14.5 Å². The second-order valence-corrected chi connectivity index (χ2v) is 11.7. The Morgan fingerprint density at radius 1 is 0.976 bits per heavy atom. The van der Waals surface area contributed by atoms with Crippen molar-refractivity contribution in [3.63, 3.8) is 0 Å². The zero-order chi connectivity index (χ0) is 29.2. The van der Waals surface area contributed by atoms with Gasteiger partial charge in [-0.1, -0.05) is 48.0 Å². The number of fused-ring (bicyclic) bond motifs is 1. The molecule has 0 bridgehead atoms. The van der Waals surface area contributed by atoms with Gasteiger partial charge >= 0.3 is 0 Å². The minimum absolute atomic E-state index is 0.0415. The molecule has 0 saturated carbocycles. The van der Waals surface area contributed by atoms with Gasteiger partial charge in [-0.2, -0.15) is 5.10 Å². The lowest BCUT2D eigenvalue weighted by atomic mass is 9.98. The van der Waals surface area contributed by atoms with Crippen molar-refractivity contribution in [2.45, 2.75) is 25.0 Å². The van der Waals surface area contributed by atoms with E-state index >= 15 is 0 Å². The Morgan fingerprint density at radius 3 is 2.40 bits per heavy atom. The molecule has 1 atom stereocenters. The molecule has 9 heteroatoms. The fraction of sp³-hybridized carbons (Fsp3) is 0.303. The predicted molar refractivity (Wildman–Crippen MR) is 166 cm³/mol. The molecule has 0 aliphatic carbocycles. The van der Waals surface area contributed by atoms with Crippen molar-refractivity contribution in [1.29, 1.82) is 0 Å². The number of likely N-dealkylation sites (tertiary alicyclic amines) is 1. The Kier molecular flexibility index (Phi) is 7.93. The fourth-order valence-electron chi connectivity index (χ4n) is 5.69. The number of benzene rings is 3. The highest BCUT2D eigenvalue weighted by Gasteiger charge is 2.39. The molecule has 216 valence electrons. The Bertz CT molecular complexity index is 1600. The van der Waals surface area contributed by atoms with Crippen LogP contribution in [0.3, 0.4) is 0 Å². The number of amides is 2. The first-order valence-corrected chi connectivity index (χ1v) is 15.2. The standard InChI is InChI=1S/C33H34N4O4S/c1-22-11-13-24(14-12-22)37-33-30(31(34-37)23-9-5-4-6-10-23)32(26-19-25(40-2)15-16-27(26)41-3)42-21-29(39)36(33)20-28(38)35-17-7-8-18-35/h4-6,9-16,19,32H,7-8,17-18,20-21H2,1-3H3. The second kappa shape index (κ2) is 11.9. The normalized spacial score (nSPS) is 16.7. The van der Waals surface area contributed by atoms with Crippen LogP contribution < -0.4 is 14.4 Å². The van der Waals surface area contributed by atoms with E-state index in [1.807, 2.05) is 89.3 Å². The number of hydrogen-bond donors (Lipinski definition) is 0. The molecule has 2 amide bonds. The zero-order valence-electron chi connectivity index (χ0n) is 24.1. The van der Waals surface area contributed by atoms with Crippen molar-refractivity contribution < 1.29 is 19.1 Å². The summed E-state index contributed by atoms with van der Waals surface area (Å²) in [6.07, 6.45) is 1.97. The average molecular weight is 583 g/mol. The van der Waals surface area contributed by atoms with E-state index in [2.05, 4.69) is 0 Å². The summed E-state index contributed by atoms with van der Waals surface area (Å²) >= 11 is 1.51. The number of aryl methyl sites for hydroxylation is 1. The zero-order valence-corrected chi connectivity index (χ0v) is 24.9. The van der Waals surface area contributed by atoms with E-state index in [-0.39, 0.29) is 29.4 Å². The SMILES string of the molecule is COc1ccc(OC)c(C2SCC(=O)N(CC(=O)N3CCCC3)c3c2c(-c2ccccc2)nn3-c2ccc(C)cc2)c1. The van der Waals surface area contributed by atoms with Crippen LogP contribution in [-0.2, 0) is 9.59 Å². The van der Waals surface area contributed by atoms with Crippen LogP contribution in [0, 0.1) is 6.92 Å². The van der Waals surface area contributed by atoms with Gasteiger partial charge in [-0.25, -0.2) is 4.68 Å². The summed E-state index contributed by atoms with van der Waals surface area (Å²) < 4.78 is 13.3. The van der Waals surface area contributed by atoms with E-state index in [1.165, 1.54) is 11.8 Å². The molecule has 3 heterocycles. The fourth-order valence-corrected chi connectivity index (χ4v) is 6.90. The monoisotopic (exact) mass is 582 g/mol. The highest BCUT2D eigenvalue weighted by atomic mass is 32.2. The summed E-state index contributed by atoms with van der Waals surface area (Å²) in [7, 11) is 3.28. The number of ether oxygens (including phenoxy) is 2. The highest BCUT2D eigenvalue weighted by Crippen LogP contribution is 2.51. The molecule has 2 aliphatic rings. The first-order valence-electron chi connectivity index (χ1n) is 14.2. The summed E-state index contributed by atoms with van der Waals surface area (Å²) in [5, 5.41) is 4.86. The van der Waals surface area contributed by atoms with Gasteiger partial charge in [-0.05, 0) is 50.1 Å². The molecule has 42 heavy (non-hydrogen) atoms. The molecule has 0 radical (unpaired) electrons. The average Bonchev–Trinajstić information content (AvgIpc) is 3.67. The molecule has 1 aromatic heterocycles. The third-order valence-electron chi connectivity index (χ3n) is 7.89. The summed E-state index contributed by atoms with van der Waals surface area (Å²) in [5.41, 5.74) is 5.34. The Balaban J connectivity index is 1.63. The lowest BCUT2D eigenvalue weighted by molar-refractivity contribution is -0.130. The first kappa shape index (κ1) is 27.9. The molecule has 0 N–H and O–H groups in total. The largest absolute Gasteiger partial charge is 0.497 e. The Morgan fingerprint density at radius 2 is 1.71 bits per heavy atom. The molecule has 3 aromatic carbocycles. The second-order valence-electron chi connectivity index (χ2n) is 10.6. The van der Waals surface area contributed by atoms with Gasteiger partial charge in [0.15, 0.2) is 0 Å². The number of rotatable bonds is 7. The lowest BCUT2D eigenvalue weighted by Crippen LogP contribution is -2.43. The van der Waals surface area contributed by atoms with Crippen molar-refractivity contribution >= 4 is 29.4 Å². The number of anilines is 1. The van der Waals surface area contributed by atoms with E-state index in [1.54, 1.807) is 19.1 Å². The van der Waals surface area contributed by atoms with E-state index in [0.717, 1.165) is 59.6 Å². The van der Waals surface area contributed by atoms with Crippen LogP contribution in [0.25, 0.3) is 16.9 Å². The van der Waals surface area contributed by atoms with E-state index < -0.39 is 0 Å². The van der Waals surface area contributed by atoms with Crippen molar-refractivity contribution in [3.05, 3.63) is 89.5 Å². The molecule has 4 aromatic rings. The van der Waals surface area contributed by atoms with E-state index in [0.29, 0.717) is 17.3 Å². The third-order valence-corrected chi connectivity index (χ3v) is 9.12. The maximum atomic E-state index is 14.0. The van der Waals surface area contributed by atoms with Crippen molar-refractivity contribution in [2.75, 3.05) is 44.5 Å². The number of carbonyl (C=O) groups excluding carboxylic acids is 2.